The van der Waals surface area contributed by atoms with Crippen molar-refractivity contribution in [2.24, 2.45) is 10.7 Å². The quantitative estimate of drug-likeness (QED) is 0.574. The summed E-state index contributed by atoms with van der Waals surface area (Å²) < 4.78 is 0. The Morgan fingerprint density at radius 2 is 2.05 bits per heavy atom. The number of hydrogen-bond donors (Lipinski definition) is 3. The van der Waals surface area contributed by atoms with E-state index in [-0.39, 0.29) is 11.4 Å². The number of carbonyl (C=O) groups excluding carboxylic acids is 1. The minimum atomic E-state index is -0.106. The lowest BCUT2D eigenvalue weighted by molar-refractivity contribution is -0.114. The van der Waals surface area contributed by atoms with Crippen LogP contribution in [0.4, 0.5) is 5.69 Å². The average molecular weight is 262 g/mol. The number of anilines is 1. The molecule has 0 aliphatic heterocycles. The summed E-state index contributed by atoms with van der Waals surface area (Å²) in [4.78, 5) is 15.2. The van der Waals surface area contributed by atoms with E-state index in [1.807, 2.05) is 45.0 Å². The molecule has 1 aromatic carbocycles. The van der Waals surface area contributed by atoms with Gasteiger partial charge in [-0.05, 0) is 38.5 Å². The molecule has 104 valence electrons. The molecule has 1 amide bonds. The van der Waals surface area contributed by atoms with Crippen molar-refractivity contribution in [3.8, 4) is 0 Å². The van der Waals surface area contributed by atoms with Gasteiger partial charge in [-0.3, -0.25) is 4.79 Å². The van der Waals surface area contributed by atoms with Crippen LogP contribution in [0.3, 0.4) is 0 Å². The van der Waals surface area contributed by atoms with Gasteiger partial charge in [0.05, 0.1) is 6.54 Å². The van der Waals surface area contributed by atoms with Gasteiger partial charge in [-0.15, -0.1) is 0 Å². The normalized spacial score (nSPS) is 12.1. The van der Waals surface area contributed by atoms with Crippen LogP contribution in [0.15, 0.2) is 29.3 Å². The Kier molecular flexibility index (Phi) is 4.92. The van der Waals surface area contributed by atoms with E-state index in [4.69, 9.17) is 5.73 Å². The summed E-state index contributed by atoms with van der Waals surface area (Å²) >= 11 is 0. The molecule has 0 aliphatic rings. The highest BCUT2D eigenvalue weighted by Gasteiger charge is 2.09. The van der Waals surface area contributed by atoms with Gasteiger partial charge in [0, 0.05) is 18.2 Å². The van der Waals surface area contributed by atoms with Gasteiger partial charge >= 0.3 is 0 Å². The molecule has 1 rings (SSSR count). The molecule has 4 N–H and O–H groups in total. The molecule has 19 heavy (non-hydrogen) atoms. The van der Waals surface area contributed by atoms with Crippen molar-refractivity contribution in [3.05, 3.63) is 29.8 Å². The Morgan fingerprint density at radius 1 is 1.37 bits per heavy atom. The molecule has 0 saturated carbocycles. The molecular weight excluding hydrogens is 240 g/mol. The highest BCUT2D eigenvalue weighted by Crippen LogP contribution is 2.11. The largest absolute Gasteiger partial charge is 0.370 e. The van der Waals surface area contributed by atoms with E-state index in [0.717, 1.165) is 11.3 Å². The Balaban J connectivity index is 2.67. The highest BCUT2D eigenvalue weighted by atomic mass is 16.1. The topological polar surface area (TPSA) is 79.5 Å². The molecule has 5 nitrogen and oxygen atoms in total. The maximum Gasteiger partial charge on any atom is 0.221 e. The molecule has 0 aliphatic carbocycles. The summed E-state index contributed by atoms with van der Waals surface area (Å²) in [5.74, 6) is 0.326. The van der Waals surface area contributed by atoms with Crippen LogP contribution >= 0.6 is 0 Å². The fourth-order valence-corrected chi connectivity index (χ4v) is 1.55. The number of benzene rings is 1. The number of rotatable bonds is 3. The standard InChI is InChI=1S/C14H22N4O/c1-10(19)17-12-7-5-6-11(8-12)9-16-13(15)18-14(2,3)4/h5-8H,9H2,1-4H3,(H,17,19)(H3,15,16,18). The van der Waals surface area contributed by atoms with Crippen LogP contribution < -0.4 is 16.4 Å². The maximum atomic E-state index is 11.0. The van der Waals surface area contributed by atoms with Gasteiger partial charge in [-0.1, -0.05) is 12.1 Å². The number of nitrogens with two attached hydrogens (primary N) is 1. The van der Waals surface area contributed by atoms with E-state index < -0.39 is 0 Å². The summed E-state index contributed by atoms with van der Waals surface area (Å²) in [5, 5.41) is 5.83. The van der Waals surface area contributed by atoms with Crippen LogP contribution in [0, 0.1) is 0 Å². The van der Waals surface area contributed by atoms with E-state index >= 15 is 0 Å². The Labute approximate surface area is 114 Å². The first kappa shape index (κ1) is 15.0. The minimum absolute atomic E-state index is 0.0884. The third-order valence-corrected chi connectivity index (χ3v) is 2.18. The van der Waals surface area contributed by atoms with Crippen molar-refractivity contribution in [2.45, 2.75) is 39.8 Å². The molecule has 0 saturated heterocycles. The van der Waals surface area contributed by atoms with Gasteiger partial charge in [0.25, 0.3) is 0 Å². The Morgan fingerprint density at radius 3 is 2.63 bits per heavy atom. The molecule has 1 aromatic rings. The van der Waals surface area contributed by atoms with Crippen LogP contribution in [0.2, 0.25) is 0 Å². The van der Waals surface area contributed by atoms with Crippen molar-refractivity contribution in [1.82, 2.24) is 5.32 Å². The SMILES string of the molecule is CC(=O)Nc1cccc(CN=C(N)NC(C)(C)C)c1. The van der Waals surface area contributed by atoms with Gasteiger partial charge in [0.15, 0.2) is 5.96 Å². The predicted molar refractivity (Wildman–Crippen MR) is 79.0 cm³/mol. The zero-order chi connectivity index (χ0) is 14.5. The molecule has 0 bridgehead atoms. The molecule has 5 heteroatoms. The van der Waals surface area contributed by atoms with Gasteiger partial charge < -0.3 is 16.4 Å². The molecule has 0 spiro atoms. The second-order valence-electron chi connectivity index (χ2n) is 5.46. The van der Waals surface area contributed by atoms with Crippen LogP contribution in [-0.2, 0) is 11.3 Å². The number of hydrogen-bond acceptors (Lipinski definition) is 2. The third kappa shape index (κ3) is 6.45. The fraction of sp³-hybridized carbons (Fsp3) is 0.429. The van der Waals surface area contributed by atoms with E-state index in [1.165, 1.54) is 6.92 Å². The molecule has 0 atom stereocenters. The lowest BCUT2D eigenvalue weighted by Gasteiger charge is -2.21. The predicted octanol–water partition coefficient (Wildman–Crippen LogP) is 1.85. The molecule has 0 radical (unpaired) electrons. The second kappa shape index (κ2) is 6.22. The van der Waals surface area contributed by atoms with Crippen molar-refractivity contribution < 1.29 is 4.79 Å². The van der Waals surface area contributed by atoms with Crippen molar-refractivity contribution in [1.29, 1.82) is 0 Å². The van der Waals surface area contributed by atoms with Crippen molar-refractivity contribution in [3.63, 3.8) is 0 Å². The maximum absolute atomic E-state index is 11.0. The summed E-state index contributed by atoms with van der Waals surface area (Å²) in [6, 6.07) is 7.54. The highest BCUT2D eigenvalue weighted by molar-refractivity contribution is 5.88. The summed E-state index contributed by atoms with van der Waals surface area (Å²) in [6.07, 6.45) is 0. The summed E-state index contributed by atoms with van der Waals surface area (Å²) in [5.41, 5.74) is 7.45. The number of nitrogens with one attached hydrogen (secondary N) is 2. The average Bonchev–Trinajstić information content (AvgIpc) is 2.23. The summed E-state index contributed by atoms with van der Waals surface area (Å²) in [7, 11) is 0. The zero-order valence-corrected chi connectivity index (χ0v) is 11.9. The third-order valence-electron chi connectivity index (χ3n) is 2.18. The van der Waals surface area contributed by atoms with Crippen molar-refractivity contribution >= 4 is 17.6 Å². The summed E-state index contributed by atoms with van der Waals surface area (Å²) in [6.45, 7) is 8.02. The van der Waals surface area contributed by atoms with Gasteiger partial charge in [0.2, 0.25) is 5.91 Å². The monoisotopic (exact) mass is 262 g/mol. The molecule has 0 heterocycles. The lowest BCUT2D eigenvalue weighted by atomic mass is 10.1. The molecule has 0 fully saturated rings. The van der Waals surface area contributed by atoms with E-state index in [2.05, 4.69) is 15.6 Å². The minimum Gasteiger partial charge on any atom is -0.370 e. The van der Waals surface area contributed by atoms with Gasteiger partial charge in [-0.2, -0.15) is 0 Å². The first-order chi connectivity index (χ1) is 8.76. The molecule has 0 unspecified atom stereocenters. The second-order valence-corrected chi connectivity index (χ2v) is 5.46. The van der Waals surface area contributed by atoms with Crippen LogP contribution in [0.1, 0.15) is 33.3 Å². The fourth-order valence-electron chi connectivity index (χ4n) is 1.55. The lowest BCUT2D eigenvalue weighted by Crippen LogP contribution is -2.44. The van der Waals surface area contributed by atoms with Crippen LogP contribution in [0.5, 0.6) is 0 Å². The van der Waals surface area contributed by atoms with E-state index in [9.17, 15) is 4.79 Å². The Bertz CT molecular complexity index is 475. The zero-order valence-electron chi connectivity index (χ0n) is 11.9. The van der Waals surface area contributed by atoms with E-state index in [0.29, 0.717) is 12.5 Å². The molecular formula is C14H22N4O. The molecule has 0 aromatic heterocycles. The Hall–Kier alpha value is -2.04. The van der Waals surface area contributed by atoms with Crippen LogP contribution in [-0.4, -0.2) is 17.4 Å². The number of guanidine groups is 1. The number of amides is 1. The van der Waals surface area contributed by atoms with E-state index in [1.54, 1.807) is 0 Å². The number of aliphatic imine (C=N–C) groups is 1. The first-order valence-corrected chi connectivity index (χ1v) is 6.21. The number of nitrogens with zero attached hydrogens (tertiary/aromatic N) is 1. The smallest absolute Gasteiger partial charge is 0.221 e. The van der Waals surface area contributed by atoms with Gasteiger partial charge in [0.1, 0.15) is 0 Å². The number of carbonyl (C=O) groups is 1. The van der Waals surface area contributed by atoms with Crippen LogP contribution in [0.25, 0.3) is 0 Å². The first-order valence-electron chi connectivity index (χ1n) is 6.21. The van der Waals surface area contributed by atoms with Crippen molar-refractivity contribution in [2.75, 3.05) is 5.32 Å². The van der Waals surface area contributed by atoms with Gasteiger partial charge in [-0.25, -0.2) is 4.99 Å².